The van der Waals surface area contributed by atoms with Crippen LogP contribution in [0.25, 0.3) is 0 Å². The SMILES string of the molecule is CC(C)(C)CCCOc1ccc(C(C)(C)C)cc1.CC(C)(C)CCCOc1cccc(C(C)(C)C)c1.CC(C)(C)c1ccc(OCCCN2CCN(C(C)(C)C)CC2)cc1.CC(C)(C)c1ccc(OCCN2CC3(C2)CN(C(C)(C)C)C3)cc1.CC(C)(C)c1cccc(OCCCN2CCN(C(C)(C)C)CC2)c1. The number of hydrogen-bond donors (Lipinski definition) is 0. The van der Waals surface area contributed by atoms with Gasteiger partial charge >= 0.3 is 0 Å². The second kappa shape index (κ2) is 40.5. The highest BCUT2D eigenvalue weighted by Gasteiger charge is 2.53. The van der Waals surface area contributed by atoms with E-state index in [9.17, 15) is 0 Å². The van der Waals surface area contributed by atoms with Gasteiger partial charge in [0.05, 0.1) is 26.4 Å². The molecular weight excluding hydrogens is 1330 g/mol. The fraction of sp³-hybridized carbons (Fsp3) is 0.691. The van der Waals surface area contributed by atoms with E-state index in [-0.39, 0.29) is 27.1 Å². The van der Waals surface area contributed by atoms with Crippen LogP contribution in [0.1, 0.15) is 274 Å². The summed E-state index contributed by atoms with van der Waals surface area (Å²) < 4.78 is 29.4. The normalized spacial score (nSPS) is 16.9. The van der Waals surface area contributed by atoms with Crippen molar-refractivity contribution in [1.82, 2.24) is 29.4 Å². The maximum atomic E-state index is 5.97. The Morgan fingerprint density at radius 3 is 0.815 bits per heavy atom. The van der Waals surface area contributed by atoms with E-state index in [0.29, 0.717) is 32.9 Å². The van der Waals surface area contributed by atoms with Gasteiger partial charge < -0.3 is 33.5 Å². The molecule has 0 aliphatic carbocycles. The summed E-state index contributed by atoms with van der Waals surface area (Å²) in [6.07, 6.45) is 6.82. The lowest BCUT2D eigenvalue weighted by Crippen LogP contribution is -2.74. The second-order valence-corrected chi connectivity index (χ2v) is 42.4. The zero-order valence-corrected chi connectivity index (χ0v) is 75.2. The van der Waals surface area contributed by atoms with E-state index in [4.69, 9.17) is 23.7 Å². The minimum absolute atomic E-state index is 0.173. The number of nitrogens with zero attached hydrogens (tertiary/aromatic N) is 6. The molecule has 0 bridgehead atoms. The molecule has 0 atom stereocenters. The Morgan fingerprint density at radius 1 is 0.259 bits per heavy atom. The van der Waals surface area contributed by atoms with Crippen LogP contribution in [0, 0.1) is 16.2 Å². The molecule has 4 heterocycles. The average molecular weight is 1490 g/mol. The summed E-state index contributed by atoms with van der Waals surface area (Å²) in [6.45, 7) is 89.7. The van der Waals surface area contributed by atoms with Crippen molar-refractivity contribution < 1.29 is 23.7 Å². The number of rotatable bonds is 22. The van der Waals surface area contributed by atoms with E-state index in [1.165, 1.54) is 119 Å². The van der Waals surface area contributed by atoms with E-state index in [1.54, 1.807) is 0 Å². The predicted molar refractivity (Wildman–Crippen MR) is 466 cm³/mol. The Balaban J connectivity index is 0.000000244. The summed E-state index contributed by atoms with van der Waals surface area (Å²) in [4.78, 5) is 15.4. The van der Waals surface area contributed by atoms with Gasteiger partial charge in [0.2, 0.25) is 0 Å². The lowest BCUT2D eigenvalue weighted by atomic mass is 9.71. The third kappa shape index (κ3) is 35.3. The summed E-state index contributed by atoms with van der Waals surface area (Å²) in [7, 11) is 0. The quantitative estimate of drug-likeness (QED) is 0.0623. The van der Waals surface area contributed by atoms with E-state index in [0.717, 1.165) is 107 Å². The maximum absolute atomic E-state index is 5.97. The molecule has 0 N–H and O–H groups in total. The smallest absolute Gasteiger partial charge is 0.119 e. The highest BCUT2D eigenvalue weighted by molar-refractivity contribution is 5.36. The minimum Gasteiger partial charge on any atom is -0.494 e. The monoisotopic (exact) mass is 1490 g/mol. The van der Waals surface area contributed by atoms with Gasteiger partial charge in [-0.3, -0.25) is 19.6 Å². The Bertz CT molecular complexity index is 3300. The van der Waals surface area contributed by atoms with Crippen LogP contribution in [0.15, 0.2) is 121 Å². The first-order chi connectivity index (χ1) is 49.8. The number of ether oxygens (including phenoxy) is 5. The van der Waals surface area contributed by atoms with Gasteiger partial charge in [0.25, 0.3) is 0 Å². The van der Waals surface area contributed by atoms with Crippen LogP contribution in [0.2, 0.25) is 0 Å². The standard InChI is InChI=1S/C21H34N2O.2C21H36N2O.2C17H28O/c1-19(2,3)17-7-9-18(10-8-17)24-12-11-22-13-21(14-22)15-23(16-21)20(4,5)6;1-20(2,3)18-8-10-19(11-9-18)24-17-7-12-22-13-15-23(16-14-22)21(4,5)6;1-20(2,3)18-9-7-10-19(17-18)24-16-8-11-22-12-14-23(15-13-22)21(4,5)6;1-16(2,3)12-7-13-18-15-10-8-14(9-11-15)17(4,5)6;1-16(2,3)11-8-12-18-15-10-7-9-14(13-15)17(4,5)6/h7-10H,11-16H2,1-6H3;8-11H,7,12-17H2,1-6H3;7,9-10,17H,8,11-16H2,1-6H3;8-11H,7,12-13H2,1-6H3;7,9-10,13H,8,11-12H2,1-6H3. The average Bonchev–Trinajstić information content (AvgIpc) is 0.732. The van der Waals surface area contributed by atoms with Crippen LogP contribution < -0.4 is 23.7 Å². The van der Waals surface area contributed by atoms with Gasteiger partial charge in [-0.05, 0) is 227 Å². The van der Waals surface area contributed by atoms with E-state index < -0.39 is 0 Å². The highest BCUT2D eigenvalue weighted by atomic mass is 16.5. The molecule has 610 valence electrons. The van der Waals surface area contributed by atoms with Crippen molar-refractivity contribution in [1.29, 1.82) is 0 Å². The van der Waals surface area contributed by atoms with Crippen LogP contribution in [-0.2, 0) is 27.1 Å². The highest BCUT2D eigenvalue weighted by Crippen LogP contribution is 2.43. The van der Waals surface area contributed by atoms with Crippen LogP contribution in [-0.4, -0.2) is 177 Å². The van der Waals surface area contributed by atoms with Crippen LogP contribution in [0.5, 0.6) is 28.7 Å². The van der Waals surface area contributed by atoms with Crippen molar-refractivity contribution in [2.24, 2.45) is 16.2 Å². The first-order valence-corrected chi connectivity index (χ1v) is 41.9. The molecule has 0 saturated carbocycles. The van der Waals surface area contributed by atoms with Crippen LogP contribution in [0.4, 0.5) is 0 Å². The summed E-state index contributed by atoms with van der Waals surface area (Å²) in [5.41, 5.74) is 10.0. The van der Waals surface area contributed by atoms with Crippen molar-refractivity contribution >= 4 is 0 Å². The van der Waals surface area contributed by atoms with Crippen molar-refractivity contribution in [3.63, 3.8) is 0 Å². The van der Waals surface area contributed by atoms with Gasteiger partial charge in [-0.25, -0.2) is 0 Å². The Morgan fingerprint density at radius 2 is 0.537 bits per heavy atom. The Kier molecular flexibility index (Phi) is 35.1. The molecule has 11 nitrogen and oxygen atoms in total. The lowest BCUT2D eigenvalue weighted by Gasteiger charge is -2.63. The second-order valence-electron chi connectivity index (χ2n) is 42.4. The van der Waals surface area contributed by atoms with Crippen molar-refractivity contribution in [3.8, 4) is 28.7 Å². The molecule has 4 aliphatic heterocycles. The number of likely N-dealkylation sites (tertiary alicyclic amines) is 2. The third-order valence-corrected chi connectivity index (χ3v) is 21.5. The van der Waals surface area contributed by atoms with Crippen molar-refractivity contribution in [3.05, 3.63) is 149 Å². The molecule has 4 fully saturated rings. The fourth-order valence-electron chi connectivity index (χ4n) is 13.9. The van der Waals surface area contributed by atoms with E-state index >= 15 is 0 Å². The molecule has 1 spiro atoms. The van der Waals surface area contributed by atoms with Gasteiger partial charge in [0.1, 0.15) is 35.4 Å². The van der Waals surface area contributed by atoms with Crippen LogP contribution >= 0.6 is 0 Å². The molecular formula is C97H162N6O5. The zero-order chi connectivity index (χ0) is 80.8. The van der Waals surface area contributed by atoms with E-state index in [2.05, 4.69) is 352 Å². The fourth-order valence-corrected chi connectivity index (χ4v) is 13.9. The maximum Gasteiger partial charge on any atom is 0.119 e. The van der Waals surface area contributed by atoms with Crippen molar-refractivity contribution in [2.75, 3.05) is 131 Å². The molecule has 0 radical (unpaired) electrons. The number of piperazine rings is 2. The lowest BCUT2D eigenvalue weighted by molar-refractivity contribution is -0.145. The van der Waals surface area contributed by atoms with Crippen LogP contribution in [0.3, 0.4) is 0 Å². The molecule has 108 heavy (non-hydrogen) atoms. The first kappa shape index (κ1) is 93.5. The summed E-state index contributed by atoms with van der Waals surface area (Å²) in [5, 5.41) is 0. The summed E-state index contributed by atoms with van der Waals surface area (Å²) in [6, 6.07) is 42.6. The molecule has 11 heteroatoms. The number of hydrogen-bond acceptors (Lipinski definition) is 11. The predicted octanol–water partition coefficient (Wildman–Crippen LogP) is 22.5. The zero-order valence-electron chi connectivity index (χ0n) is 75.2. The molecule has 5 aromatic rings. The minimum atomic E-state index is 0.173. The summed E-state index contributed by atoms with van der Waals surface area (Å²) >= 11 is 0. The largest absolute Gasteiger partial charge is 0.494 e. The molecule has 0 unspecified atom stereocenters. The van der Waals surface area contributed by atoms with Gasteiger partial charge in [0.15, 0.2) is 0 Å². The topological polar surface area (TPSA) is 65.6 Å². The van der Waals surface area contributed by atoms with E-state index in [1.807, 2.05) is 6.07 Å². The summed E-state index contributed by atoms with van der Waals surface area (Å²) in [5.74, 6) is 4.95. The van der Waals surface area contributed by atoms with Gasteiger partial charge in [-0.2, -0.15) is 0 Å². The molecule has 0 aromatic heterocycles. The Hall–Kier alpha value is -5.14. The van der Waals surface area contributed by atoms with Gasteiger partial charge in [-0.15, -0.1) is 0 Å². The first-order valence-electron chi connectivity index (χ1n) is 41.9. The molecule has 0 amide bonds. The molecule has 9 rings (SSSR count). The molecule has 4 aliphatic rings. The molecule has 4 saturated heterocycles. The Labute approximate surface area is 664 Å². The van der Waals surface area contributed by atoms with Gasteiger partial charge in [-0.1, -0.05) is 206 Å². The van der Waals surface area contributed by atoms with Crippen molar-refractivity contribution in [2.45, 2.75) is 290 Å². The van der Waals surface area contributed by atoms with Gasteiger partial charge in [0, 0.05) is 120 Å². The third-order valence-electron chi connectivity index (χ3n) is 21.5. The number of benzene rings is 5. The molecule has 5 aromatic carbocycles.